The van der Waals surface area contributed by atoms with Crippen molar-refractivity contribution in [2.45, 2.75) is 78.9 Å². The van der Waals surface area contributed by atoms with E-state index in [1.165, 1.54) is 0 Å². The molecule has 10 nitrogen and oxygen atoms in total. The van der Waals surface area contributed by atoms with Gasteiger partial charge >= 0.3 is 6.09 Å². The van der Waals surface area contributed by atoms with Gasteiger partial charge in [0.15, 0.2) is 0 Å². The van der Waals surface area contributed by atoms with Gasteiger partial charge in [-0.3, -0.25) is 9.36 Å². The molecule has 4 heterocycles. The number of aromatic nitrogens is 4. The lowest BCUT2D eigenvalue weighted by Crippen LogP contribution is -2.50. The summed E-state index contributed by atoms with van der Waals surface area (Å²) in [7, 11) is 0. The minimum atomic E-state index is -0.501. The van der Waals surface area contributed by atoms with E-state index in [9.17, 15) is 9.59 Å². The number of carbonyl (C=O) groups is 1. The normalized spacial score (nSPS) is 16.1. The van der Waals surface area contributed by atoms with Gasteiger partial charge in [-0.05, 0) is 74.2 Å². The number of aryl methyl sites for hydroxylation is 1. The maximum Gasteiger partial charge on any atom is 0.410 e. The molecule has 216 valence electrons. The molecule has 0 aromatic carbocycles. The number of rotatable bonds is 4. The van der Waals surface area contributed by atoms with E-state index in [2.05, 4.69) is 36.1 Å². The molecule has 3 aromatic heterocycles. The van der Waals surface area contributed by atoms with Crippen LogP contribution in [0.2, 0.25) is 0 Å². The molecule has 1 N–H and O–H groups in total. The summed E-state index contributed by atoms with van der Waals surface area (Å²) < 4.78 is 7.89. The van der Waals surface area contributed by atoms with Crippen LogP contribution in [0.3, 0.4) is 0 Å². The van der Waals surface area contributed by atoms with Gasteiger partial charge in [-0.15, -0.1) is 0 Å². The molecular weight excluding hydrogens is 574 g/mol. The lowest BCUT2D eigenvalue weighted by atomic mass is 10.1. The molecule has 1 aliphatic carbocycles. The third-order valence-corrected chi connectivity index (χ3v) is 8.04. The van der Waals surface area contributed by atoms with E-state index in [0.29, 0.717) is 48.1 Å². The number of halogens is 1. The van der Waals surface area contributed by atoms with E-state index in [1.807, 2.05) is 64.4 Å². The Kier molecular flexibility index (Phi) is 9.33. The van der Waals surface area contributed by atoms with Crippen LogP contribution in [0.15, 0.2) is 33.8 Å². The molecule has 1 saturated carbocycles. The Morgan fingerprint density at radius 1 is 1.05 bits per heavy atom. The number of nitrogens with one attached hydrogen (secondary N) is 1. The summed E-state index contributed by atoms with van der Waals surface area (Å²) in [5, 5.41) is 4.06. The van der Waals surface area contributed by atoms with Crippen LogP contribution in [-0.4, -0.2) is 62.3 Å². The highest BCUT2D eigenvalue weighted by Gasteiger charge is 2.26. The van der Waals surface area contributed by atoms with Crippen molar-refractivity contribution in [3.63, 3.8) is 0 Å². The molecule has 2 fully saturated rings. The monoisotopic (exact) mass is 613 g/mol. The topological polar surface area (TPSA) is 105 Å². The molecule has 40 heavy (non-hydrogen) atoms. The number of ether oxygens (including phenoxy) is 1. The van der Waals surface area contributed by atoms with Crippen LogP contribution in [-0.2, 0) is 4.74 Å². The quantitative estimate of drug-likeness (QED) is 0.371. The van der Waals surface area contributed by atoms with Crippen molar-refractivity contribution in [1.82, 2.24) is 24.4 Å². The van der Waals surface area contributed by atoms with Gasteiger partial charge in [-0.2, -0.15) is 4.98 Å². The zero-order valence-electron chi connectivity index (χ0n) is 24.3. The van der Waals surface area contributed by atoms with Gasteiger partial charge in [0.05, 0.1) is 16.4 Å². The predicted octanol–water partition coefficient (Wildman–Crippen LogP) is 6.20. The van der Waals surface area contributed by atoms with Crippen molar-refractivity contribution in [1.29, 1.82) is 0 Å². The third-order valence-electron chi connectivity index (χ3n) is 7.11. The minimum Gasteiger partial charge on any atom is -0.444 e. The Bertz CT molecular complexity index is 1390. The van der Waals surface area contributed by atoms with Crippen LogP contribution in [0.5, 0.6) is 0 Å². The first-order valence-corrected chi connectivity index (χ1v) is 14.9. The Balaban J connectivity index is 0.00000181. The van der Waals surface area contributed by atoms with Crippen LogP contribution in [0.1, 0.15) is 71.9 Å². The summed E-state index contributed by atoms with van der Waals surface area (Å²) in [6, 6.07) is 4.03. The summed E-state index contributed by atoms with van der Waals surface area (Å²) in [5.74, 6) is 1.01. The van der Waals surface area contributed by atoms with Crippen molar-refractivity contribution in [2.75, 3.05) is 36.4 Å². The van der Waals surface area contributed by atoms with Gasteiger partial charge < -0.3 is 19.9 Å². The van der Waals surface area contributed by atoms with Crippen LogP contribution in [0, 0.1) is 6.92 Å². The first-order valence-electron chi connectivity index (χ1n) is 14.1. The van der Waals surface area contributed by atoms with E-state index >= 15 is 0 Å². The first kappa shape index (κ1) is 29.8. The zero-order chi connectivity index (χ0) is 29.0. The highest BCUT2D eigenvalue weighted by molar-refractivity contribution is 9.10. The molecule has 11 heteroatoms. The Hall–Kier alpha value is -3.21. The summed E-state index contributed by atoms with van der Waals surface area (Å²) in [6.45, 7) is 14.1. The summed E-state index contributed by atoms with van der Waals surface area (Å²) >= 11 is 3.49. The number of pyridine rings is 2. The molecule has 1 saturated heterocycles. The minimum absolute atomic E-state index is 0.0409. The maximum atomic E-state index is 13.2. The summed E-state index contributed by atoms with van der Waals surface area (Å²) in [4.78, 5) is 43.3. The van der Waals surface area contributed by atoms with Crippen LogP contribution < -0.4 is 15.8 Å². The molecule has 0 radical (unpaired) electrons. The van der Waals surface area contributed by atoms with Gasteiger partial charge in [0.2, 0.25) is 5.95 Å². The van der Waals surface area contributed by atoms with Gasteiger partial charge in [0.25, 0.3) is 5.56 Å². The number of piperazine rings is 1. The molecule has 5 rings (SSSR count). The van der Waals surface area contributed by atoms with Crippen LogP contribution >= 0.6 is 15.9 Å². The fraction of sp³-hybridized carbons (Fsp3) is 0.552. The number of anilines is 3. The molecule has 3 aromatic rings. The number of hydrogen-bond acceptors (Lipinski definition) is 8. The van der Waals surface area contributed by atoms with Crippen molar-refractivity contribution in [3.8, 4) is 0 Å². The van der Waals surface area contributed by atoms with E-state index in [-0.39, 0.29) is 17.7 Å². The lowest BCUT2D eigenvalue weighted by Gasteiger charge is -2.36. The second-order valence-corrected chi connectivity index (χ2v) is 11.8. The van der Waals surface area contributed by atoms with Crippen LogP contribution in [0.4, 0.5) is 22.2 Å². The fourth-order valence-corrected chi connectivity index (χ4v) is 5.50. The highest BCUT2D eigenvalue weighted by Crippen LogP contribution is 2.32. The first-order chi connectivity index (χ1) is 19.1. The Morgan fingerprint density at radius 3 is 2.33 bits per heavy atom. The van der Waals surface area contributed by atoms with Gasteiger partial charge in [0.1, 0.15) is 17.1 Å². The molecule has 0 atom stereocenters. The van der Waals surface area contributed by atoms with E-state index in [1.54, 1.807) is 11.1 Å². The predicted molar refractivity (Wildman–Crippen MR) is 163 cm³/mol. The van der Waals surface area contributed by atoms with Crippen molar-refractivity contribution >= 4 is 50.5 Å². The fourth-order valence-electron chi connectivity index (χ4n) is 5.10. The zero-order valence-corrected chi connectivity index (χ0v) is 25.9. The van der Waals surface area contributed by atoms with Gasteiger partial charge in [-0.1, -0.05) is 26.7 Å². The highest BCUT2D eigenvalue weighted by atomic mass is 79.9. The van der Waals surface area contributed by atoms with E-state index < -0.39 is 5.60 Å². The average Bonchev–Trinajstić information content (AvgIpc) is 3.47. The number of nitrogens with zero attached hydrogens (tertiary/aromatic N) is 6. The number of carbonyl (C=O) groups excluding carboxylic acids is 1. The SMILES string of the molecule is CC.Cc1c(Br)c(=O)n(C2CCCC2)c2nc(Nc3ccc(N4CCN(C(=O)OC(C)(C)C)CC4)cn3)ncc12. The number of hydrogen-bond donors (Lipinski definition) is 1. The molecule has 0 unspecified atom stereocenters. The van der Waals surface area contributed by atoms with Crippen molar-refractivity contribution < 1.29 is 9.53 Å². The molecule has 1 amide bonds. The van der Waals surface area contributed by atoms with Crippen molar-refractivity contribution in [3.05, 3.63) is 44.9 Å². The average molecular weight is 615 g/mol. The maximum absolute atomic E-state index is 13.2. The lowest BCUT2D eigenvalue weighted by molar-refractivity contribution is 0.0240. The molecule has 1 aliphatic heterocycles. The van der Waals surface area contributed by atoms with Gasteiger partial charge in [0, 0.05) is 43.8 Å². The Labute approximate surface area is 244 Å². The molecular formula is C29H40BrN7O3. The largest absolute Gasteiger partial charge is 0.444 e. The molecule has 0 bridgehead atoms. The second-order valence-electron chi connectivity index (χ2n) is 11.0. The number of fused-ring (bicyclic) bond motifs is 1. The van der Waals surface area contributed by atoms with Crippen molar-refractivity contribution in [2.24, 2.45) is 0 Å². The second kappa shape index (κ2) is 12.5. The summed E-state index contributed by atoms with van der Waals surface area (Å²) in [5.41, 5.74) is 1.94. The third kappa shape index (κ3) is 6.56. The smallest absolute Gasteiger partial charge is 0.410 e. The summed E-state index contributed by atoms with van der Waals surface area (Å²) in [6.07, 6.45) is 7.50. The van der Waals surface area contributed by atoms with E-state index in [0.717, 1.165) is 42.3 Å². The van der Waals surface area contributed by atoms with E-state index in [4.69, 9.17) is 9.72 Å². The molecule has 2 aliphatic rings. The van der Waals surface area contributed by atoms with Gasteiger partial charge in [-0.25, -0.2) is 14.8 Å². The Morgan fingerprint density at radius 2 is 1.73 bits per heavy atom. The standard InChI is InChI=1S/C27H34BrN7O3.C2H6/c1-17-20-16-30-25(32-23(20)35(24(36)22(17)28)18-7-5-6-8-18)31-21-10-9-19(15-29-21)33-11-13-34(14-12-33)26(37)38-27(2,3)4;1-2/h9-10,15-16,18H,5-8,11-14H2,1-4H3,(H,29,30,31,32);1-2H3. The molecule has 0 spiro atoms. The number of amides is 1. The van der Waals surface area contributed by atoms with Crippen LogP contribution in [0.25, 0.3) is 11.0 Å².